The Morgan fingerprint density at radius 1 is 1.00 bits per heavy atom. The molecule has 0 aliphatic rings. The van der Waals surface area contributed by atoms with Gasteiger partial charge in [-0.05, 0) is 0 Å². The van der Waals surface area contributed by atoms with E-state index in [1.165, 1.54) is 0 Å². The van der Waals surface area contributed by atoms with Gasteiger partial charge in [-0.1, -0.05) is 0 Å². The summed E-state index contributed by atoms with van der Waals surface area (Å²) >= 11 is 0. The molecule has 0 aromatic carbocycles. The van der Waals surface area contributed by atoms with E-state index >= 15 is 0 Å². The fourth-order valence-corrected chi connectivity index (χ4v) is 1.09. The quantitative estimate of drug-likeness (QED) is 0.375. The smallest absolute Gasteiger partial charge is 0.349 e. The Kier molecular flexibility index (Phi) is 7.20. The second-order valence-corrected chi connectivity index (χ2v) is 3.03. The van der Waals surface area contributed by atoms with Crippen molar-refractivity contribution in [1.29, 1.82) is 0 Å². The van der Waals surface area contributed by atoms with Crippen molar-refractivity contribution in [3.63, 3.8) is 0 Å². The van der Waals surface area contributed by atoms with E-state index in [4.69, 9.17) is 15.3 Å². The second kappa shape index (κ2) is 6.88. The minimum atomic E-state index is -2.57. The summed E-state index contributed by atoms with van der Waals surface area (Å²) in [6.45, 7) is 0.862. The molecule has 0 unspecified atom stereocenters. The molecule has 0 saturated carbocycles. The fraction of sp³-hybridized carbons (Fsp3) is 0.500. The Morgan fingerprint density at radius 3 is 1.53 bits per heavy atom. The normalized spacial score (nSPS) is 9.94. The van der Waals surface area contributed by atoms with E-state index in [-0.39, 0.29) is 17.4 Å². The van der Waals surface area contributed by atoms with Crippen molar-refractivity contribution >= 4 is 41.2 Å². The van der Waals surface area contributed by atoms with Gasteiger partial charge in [0, 0.05) is 6.92 Å². The lowest BCUT2D eigenvalue weighted by Crippen LogP contribution is -2.46. The van der Waals surface area contributed by atoms with Crippen molar-refractivity contribution in [2.24, 2.45) is 0 Å². The third-order valence-electron chi connectivity index (χ3n) is 1.60. The summed E-state index contributed by atoms with van der Waals surface area (Å²) in [6.07, 6.45) is -2.23. The molecule has 0 aliphatic heterocycles. The van der Waals surface area contributed by atoms with Crippen LogP contribution in [-0.2, 0) is 23.9 Å². The number of aliphatic carboxylic acids is 3. The van der Waals surface area contributed by atoms with Gasteiger partial charge in [0.05, 0.1) is 12.8 Å². The maximum absolute atomic E-state index is 10.8. The third kappa shape index (κ3) is 5.89. The van der Waals surface area contributed by atoms with Crippen molar-refractivity contribution in [1.82, 2.24) is 0 Å². The molecule has 0 aromatic heterocycles. The van der Waals surface area contributed by atoms with Crippen LogP contribution >= 0.6 is 0 Å². The highest BCUT2D eigenvalue weighted by Crippen LogP contribution is 2.22. The van der Waals surface area contributed by atoms with E-state index < -0.39 is 42.3 Å². The SMILES string of the molecule is CC(=O)OC(CC(=O)O)(CC(=O)O)C(=O)O.[AlH3]. The van der Waals surface area contributed by atoms with Gasteiger partial charge < -0.3 is 20.1 Å². The van der Waals surface area contributed by atoms with Crippen LogP contribution in [0.5, 0.6) is 0 Å². The summed E-state index contributed by atoms with van der Waals surface area (Å²) < 4.78 is 4.32. The molecule has 0 saturated heterocycles. The lowest BCUT2D eigenvalue weighted by molar-refractivity contribution is -0.184. The largest absolute Gasteiger partial charge is 0.481 e. The predicted octanol–water partition coefficient (Wildman–Crippen LogP) is -1.86. The number of hydrogen-bond donors (Lipinski definition) is 3. The molecule has 0 atom stereocenters. The molecular weight excluding hydrogens is 251 g/mol. The summed E-state index contributed by atoms with van der Waals surface area (Å²) in [5, 5.41) is 25.7. The summed E-state index contributed by atoms with van der Waals surface area (Å²) in [5.74, 6) is -6.03. The number of carbonyl (C=O) groups is 4. The molecule has 0 aliphatic carbocycles. The maximum atomic E-state index is 10.8. The highest BCUT2D eigenvalue weighted by Gasteiger charge is 2.46. The van der Waals surface area contributed by atoms with Gasteiger partial charge in [-0.15, -0.1) is 0 Å². The Balaban J connectivity index is 0. The number of carbonyl (C=O) groups excluding carboxylic acids is 1. The molecule has 0 aromatic rings. The molecule has 9 heteroatoms. The van der Waals surface area contributed by atoms with Crippen molar-refractivity contribution in [2.75, 3.05) is 0 Å². The van der Waals surface area contributed by atoms with E-state index in [1.807, 2.05) is 0 Å². The highest BCUT2D eigenvalue weighted by molar-refractivity contribution is 5.90. The van der Waals surface area contributed by atoms with Gasteiger partial charge in [0.25, 0.3) is 0 Å². The number of rotatable bonds is 6. The zero-order valence-electron chi connectivity index (χ0n) is 8.30. The van der Waals surface area contributed by atoms with Crippen LogP contribution < -0.4 is 0 Å². The molecule has 17 heavy (non-hydrogen) atoms. The molecule has 3 N–H and O–H groups in total. The van der Waals surface area contributed by atoms with E-state index in [2.05, 4.69) is 4.74 Å². The summed E-state index contributed by atoms with van der Waals surface area (Å²) in [4.78, 5) is 42.3. The average Bonchev–Trinajstić information content (AvgIpc) is 1.98. The summed E-state index contributed by atoms with van der Waals surface area (Å²) in [7, 11) is 0. The van der Waals surface area contributed by atoms with Gasteiger partial charge in [-0.25, -0.2) is 4.79 Å². The lowest BCUT2D eigenvalue weighted by Gasteiger charge is -2.25. The van der Waals surface area contributed by atoms with Crippen LogP contribution in [0.1, 0.15) is 19.8 Å². The number of carboxylic acids is 3. The van der Waals surface area contributed by atoms with Gasteiger partial charge in [-0.3, -0.25) is 14.4 Å². The summed E-state index contributed by atoms with van der Waals surface area (Å²) in [5.41, 5.74) is -2.57. The molecule has 0 amide bonds. The van der Waals surface area contributed by atoms with E-state index in [1.54, 1.807) is 0 Å². The number of esters is 1. The van der Waals surface area contributed by atoms with Crippen LogP contribution in [0.25, 0.3) is 0 Å². The highest BCUT2D eigenvalue weighted by atomic mass is 27.0. The lowest BCUT2D eigenvalue weighted by atomic mass is 9.95. The minimum absolute atomic E-state index is 0. The summed E-state index contributed by atoms with van der Waals surface area (Å²) in [6, 6.07) is 0. The molecule has 0 rings (SSSR count). The standard InChI is InChI=1S/C8H10O8.Al.3H/c1-4(9)16-8(7(14)15,2-5(10)11)3-6(12)13;;;;/h2-3H2,1H3,(H,10,11)(H,12,13)(H,14,15);;;;. The van der Waals surface area contributed by atoms with Crippen molar-refractivity contribution < 1.29 is 39.2 Å². The molecular formula is C8H13AlO8. The second-order valence-electron chi connectivity index (χ2n) is 3.03. The maximum Gasteiger partial charge on any atom is 0.349 e. The van der Waals surface area contributed by atoms with Gasteiger partial charge in [0.2, 0.25) is 5.60 Å². The van der Waals surface area contributed by atoms with Gasteiger partial charge in [0.15, 0.2) is 17.4 Å². The average molecular weight is 264 g/mol. The Hall–Kier alpha value is -1.59. The predicted molar refractivity (Wildman–Crippen MR) is 56.6 cm³/mol. The van der Waals surface area contributed by atoms with Crippen LogP contribution in [0.4, 0.5) is 0 Å². The topological polar surface area (TPSA) is 138 Å². The first kappa shape index (κ1) is 17.8. The van der Waals surface area contributed by atoms with Crippen LogP contribution in [0.2, 0.25) is 0 Å². The zero-order valence-corrected chi connectivity index (χ0v) is 8.30. The van der Waals surface area contributed by atoms with Crippen molar-refractivity contribution in [3.05, 3.63) is 0 Å². The molecule has 8 nitrogen and oxygen atoms in total. The first-order valence-electron chi connectivity index (χ1n) is 4.06. The van der Waals surface area contributed by atoms with E-state index in [0.717, 1.165) is 6.92 Å². The fourth-order valence-electron chi connectivity index (χ4n) is 1.09. The van der Waals surface area contributed by atoms with Gasteiger partial charge in [-0.2, -0.15) is 0 Å². The zero-order chi connectivity index (χ0) is 12.9. The third-order valence-corrected chi connectivity index (χ3v) is 1.60. The van der Waals surface area contributed by atoms with Crippen molar-refractivity contribution in [2.45, 2.75) is 25.4 Å². The number of ether oxygens (including phenoxy) is 1. The number of carboxylic acid groups (broad SMARTS) is 3. The Bertz CT molecular complexity index is 296. The Labute approximate surface area is 106 Å². The molecule has 96 valence electrons. The first-order chi connectivity index (χ1) is 7.19. The molecule has 0 heterocycles. The van der Waals surface area contributed by atoms with Crippen LogP contribution in [0.15, 0.2) is 0 Å². The molecule has 0 radical (unpaired) electrons. The van der Waals surface area contributed by atoms with Crippen molar-refractivity contribution in [3.8, 4) is 0 Å². The number of hydrogen-bond acceptors (Lipinski definition) is 5. The van der Waals surface area contributed by atoms with Gasteiger partial charge >= 0.3 is 23.9 Å². The molecule has 0 bridgehead atoms. The van der Waals surface area contributed by atoms with Crippen LogP contribution in [-0.4, -0.2) is 62.2 Å². The molecule has 0 spiro atoms. The molecule has 0 fully saturated rings. The monoisotopic (exact) mass is 264 g/mol. The first-order valence-corrected chi connectivity index (χ1v) is 4.06. The Morgan fingerprint density at radius 2 is 1.35 bits per heavy atom. The van der Waals surface area contributed by atoms with Crippen LogP contribution in [0.3, 0.4) is 0 Å². The van der Waals surface area contributed by atoms with E-state index in [9.17, 15) is 19.2 Å². The van der Waals surface area contributed by atoms with E-state index in [0.29, 0.717) is 0 Å². The van der Waals surface area contributed by atoms with Crippen LogP contribution in [0, 0.1) is 0 Å². The van der Waals surface area contributed by atoms with Gasteiger partial charge in [0.1, 0.15) is 0 Å². The minimum Gasteiger partial charge on any atom is -0.481 e.